The van der Waals surface area contributed by atoms with Crippen molar-refractivity contribution in [1.82, 2.24) is 4.90 Å². The molecule has 0 amide bonds. The fraction of sp³-hybridized carbons (Fsp3) is 0.429. The highest BCUT2D eigenvalue weighted by atomic mass is 16.8. The largest absolute Gasteiger partial charge is 0.422 e. The van der Waals surface area contributed by atoms with Gasteiger partial charge in [0.15, 0.2) is 6.10 Å². The SMILES string of the molecule is COC1CN(Cc2ccccc2)C2(OC(=O)C(=O)O2)C1O. The smallest absolute Gasteiger partial charge is 0.397 e. The summed E-state index contributed by atoms with van der Waals surface area (Å²) in [6.07, 6.45) is -1.88. The van der Waals surface area contributed by atoms with Gasteiger partial charge in [-0.05, 0) is 5.56 Å². The summed E-state index contributed by atoms with van der Waals surface area (Å²) in [6, 6.07) is 9.40. The van der Waals surface area contributed by atoms with Gasteiger partial charge in [-0.2, -0.15) is 0 Å². The lowest BCUT2D eigenvalue weighted by atomic mass is 10.2. The van der Waals surface area contributed by atoms with Crippen LogP contribution in [0.4, 0.5) is 0 Å². The van der Waals surface area contributed by atoms with E-state index in [0.717, 1.165) is 5.56 Å². The second kappa shape index (κ2) is 5.10. The Morgan fingerprint density at radius 3 is 2.48 bits per heavy atom. The van der Waals surface area contributed by atoms with Gasteiger partial charge < -0.3 is 19.3 Å². The lowest BCUT2D eigenvalue weighted by Crippen LogP contribution is -2.52. The van der Waals surface area contributed by atoms with Crippen LogP contribution in [0.15, 0.2) is 30.3 Å². The van der Waals surface area contributed by atoms with Gasteiger partial charge in [0.25, 0.3) is 0 Å². The summed E-state index contributed by atoms with van der Waals surface area (Å²) < 4.78 is 15.2. The zero-order chi connectivity index (χ0) is 15.0. The number of carbonyl (C=O) groups is 2. The van der Waals surface area contributed by atoms with E-state index in [1.807, 2.05) is 30.3 Å². The van der Waals surface area contributed by atoms with Crippen LogP contribution in [0.2, 0.25) is 0 Å². The number of aliphatic hydroxyl groups is 1. The van der Waals surface area contributed by atoms with Crippen LogP contribution < -0.4 is 0 Å². The average Bonchev–Trinajstić information content (AvgIpc) is 2.92. The van der Waals surface area contributed by atoms with Gasteiger partial charge in [0.1, 0.15) is 6.10 Å². The van der Waals surface area contributed by atoms with E-state index in [0.29, 0.717) is 6.54 Å². The monoisotopic (exact) mass is 293 g/mol. The molecule has 2 atom stereocenters. The Hall–Kier alpha value is -1.96. The minimum Gasteiger partial charge on any atom is -0.397 e. The summed E-state index contributed by atoms with van der Waals surface area (Å²) in [7, 11) is 1.44. The predicted molar refractivity (Wildman–Crippen MR) is 68.6 cm³/mol. The van der Waals surface area contributed by atoms with Gasteiger partial charge in [-0.25, -0.2) is 14.5 Å². The van der Waals surface area contributed by atoms with Crippen molar-refractivity contribution < 1.29 is 28.9 Å². The number of benzene rings is 1. The van der Waals surface area contributed by atoms with E-state index in [-0.39, 0.29) is 6.54 Å². The molecule has 0 saturated carbocycles. The zero-order valence-electron chi connectivity index (χ0n) is 11.4. The van der Waals surface area contributed by atoms with Crippen LogP contribution in [-0.4, -0.2) is 53.7 Å². The Kier molecular flexibility index (Phi) is 3.40. The molecule has 21 heavy (non-hydrogen) atoms. The fourth-order valence-corrected chi connectivity index (χ4v) is 2.67. The van der Waals surface area contributed by atoms with Gasteiger partial charge in [-0.15, -0.1) is 0 Å². The molecule has 0 aliphatic carbocycles. The van der Waals surface area contributed by atoms with Crippen LogP contribution in [0.3, 0.4) is 0 Å². The maximum Gasteiger partial charge on any atom is 0.422 e. The molecule has 3 rings (SSSR count). The van der Waals surface area contributed by atoms with Crippen LogP contribution in [-0.2, 0) is 30.3 Å². The fourth-order valence-electron chi connectivity index (χ4n) is 2.67. The van der Waals surface area contributed by atoms with Crippen LogP contribution in [0.5, 0.6) is 0 Å². The molecule has 2 saturated heterocycles. The topological polar surface area (TPSA) is 85.3 Å². The minimum absolute atomic E-state index is 0.271. The maximum atomic E-state index is 11.4. The van der Waals surface area contributed by atoms with Crippen LogP contribution in [0.25, 0.3) is 0 Å². The average molecular weight is 293 g/mol. The Morgan fingerprint density at radius 2 is 1.90 bits per heavy atom. The predicted octanol–water partition coefficient (Wildman–Crippen LogP) is -0.368. The summed E-state index contributed by atoms with van der Waals surface area (Å²) in [5.41, 5.74) is 0.930. The first-order valence-electron chi connectivity index (χ1n) is 6.53. The van der Waals surface area contributed by atoms with Crippen LogP contribution in [0.1, 0.15) is 5.56 Å². The molecule has 1 aromatic carbocycles. The summed E-state index contributed by atoms with van der Waals surface area (Å²) >= 11 is 0. The van der Waals surface area contributed by atoms with E-state index in [1.165, 1.54) is 7.11 Å². The van der Waals surface area contributed by atoms with Gasteiger partial charge in [0.05, 0.1) is 0 Å². The molecular weight excluding hydrogens is 278 g/mol. The van der Waals surface area contributed by atoms with E-state index in [1.54, 1.807) is 4.90 Å². The number of ether oxygens (including phenoxy) is 3. The van der Waals surface area contributed by atoms with Crippen molar-refractivity contribution in [3.63, 3.8) is 0 Å². The third kappa shape index (κ3) is 2.19. The molecule has 0 aromatic heterocycles. The summed E-state index contributed by atoms with van der Waals surface area (Å²) in [5.74, 6) is -4.02. The number of hydrogen-bond donors (Lipinski definition) is 1. The van der Waals surface area contributed by atoms with Crippen molar-refractivity contribution in [3.05, 3.63) is 35.9 Å². The van der Waals surface area contributed by atoms with Crippen molar-refractivity contribution in [3.8, 4) is 0 Å². The van der Waals surface area contributed by atoms with Crippen molar-refractivity contribution >= 4 is 11.9 Å². The Labute approximate surface area is 121 Å². The van der Waals surface area contributed by atoms with Gasteiger partial charge >= 0.3 is 17.8 Å². The number of esters is 2. The molecule has 1 N–H and O–H groups in total. The van der Waals surface area contributed by atoms with E-state index in [2.05, 4.69) is 0 Å². The normalized spacial score (nSPS) is 27.9. The third-order valence-corrected chi connectivity index (χ3v) is 3.73. The van der Waals surface area contributed by atoms with Crippen molar-refractivity contribution in [2.75, 3.05) is 13.7 Å². The molecule has 112 valence electrons. The first-order chi connectivity index (χ1) is 10.1. The lowest BCUT2D eigenvalue weighted by molar-refractivity contribution is -0.275. The molecule has 2 unspecified atom stereocenters. The van der Waals surface area contributed by atoms with E-state index >= 15 is 0 Å². The number of likely N-dealkylation sites (tertiary alicyclic amines) is 1. The van der Waals surface area contributed by atoms with Gasteiger partial charge in [-0.3, -0.25) is 0 Å². The molecule has 0 radical (unpaired) electrons. The lowest BCUT2D eigenvalue weighted by Gasteiger charge is -2.32. The Bertz CT molecular complexity index is 544. The summed E-state index contributed by atoms with van der Waals surface area (Å²) in [5, 5.41) is 10.3. The molecule has 2 fully saturated rings. The molecule has 1 aromatic rings. The number of nitrogens with zero attached hydrogens (tertiary/aromatic N) is 1. The van der Waals surface area contributed by atoms with E-state index in [9.17, 15) is 14.7 Å². The number of methoxy groups -OCH3 is 1. The molecule has 1 spiro atoms. The maximum absolute atomic E-state index is 11.4. The Balaban J connectivity index is 1.90. The van der Waals surface area contributed by atoms with Gasteiger partial charge in [-0.1, -0.05) is 30.3 Å². The molecular formula is C14H15NO6. The number of carbonyl (C=O) groups excluding carboxylic acids is 2. The molecule has 2 heterocycles. The highest BCUT2D eigenvalue weighted by Crippen LogP contribution is 2.38. The third-order valence-electron chi connectivity index (χ3n) is 3.73. The Morgan fingerprint density at radius 1 is 1.29 bits per heavy atom. The molecule has 7 heteroatoms. The highest BCUT2D eigenvalue weighted by molar-refractivity contribution is 6.31. The van der Waals surface area contributed by atoms with E-state index in [4.69, 9.17) is 14.2 Å². The van der Waals surface area contributed by atoms with Crippen molar-refractivity contribution in [2.24, 2.45) is 0 Å². The minimum atomic E-state index is -1.80. The number of rotatable bonds is 3. The van der Waals surface area contributed by atoms with Gasteiger partial charge in [0, 0.05) is 20.2 Å². The molecule has 2 aliphatic rings. The van der Waals surface area contributed by atoms with Crippen molar-refractivity contribution in [1.29, 1.82) is 0 Å². The first-order valence-corrected chi connectivity index (χ1v) is 6.53. The molecule has 2 aliphatic heterocycles. The highest BCUT2D eigenvalue weighted by Gasteiger charge is 2.65. The summed E-state index contributed by atoms with van der Waals surface area (Å²) in [6.45, 7) is 0.617. The second-order valence-electron chi connectivity index (χ2n) is 4.99. The standard InChI is InChI=1S/C14H15NO6/c1-19-10-8-15(7-9-5-3-2-4-6-9)14(11(10)16)20-12(17)13(18)21-14/h2-6,10-11,16H,7-8H2,1H3. The molecule has 7 nitrogen and oxygen atoms in total. The molecule has 0 bridgehead atoms. The van der Waals surface area contributed by atoms with Gasteiger partial charge in [0.2, 0.25) is 0 Å². The number of aliphatic hydroxyl groups excluding tert-OH is 1. The first kappa shape index (κ1) is 14.0. The van der Waals surface area contributed by atoms with Crippen molar-refractivity contribution in [2.45, 2.75) is 24.7 Å². The zero-order valence-corrected chi connectivity index (χ0v) is 11.4. The quantitative estimate of drug-likeness (QED) is 0.601. The van der Waals surface area contributed by atoms with E-state index < -0.39 is 30.1 Å². The van der Waals surface area contributed by atoms with Crippen LogP contribution in [0, 0.1) is 0 Å². The number of hydrogen-bond acceptors (Lipinski definition) is 7. The van der Waals surface area contributed by atoms with Crippen LogP contribution >= 0.6 is 0 Å². The summed E-state index contributed by atoms with van der Waals surface area (Å²) in [4.78, 5) is 24.4. The second-order valence-corrected chi connectivity index (χ2v) is 4.99.